The number of halogens is 1. The van der Waals surface area contributed by atoms with E-state index in [9.17, 15) is 18.0 Å². The molecule has 0 atom stereocenters. The fourth-order valence-electron chi connectivity index (χ4n) is 3.00. The van der Waals surface area contributed by atoms with Crippen LogP contribution in [0.2, 0.25) is 0 Å². The van der Waals surface area contributed by atoms with Crippen molar-refractivity contribution < 1.29 is 18.0 Å². The maximum absolute atomic E-state index is 12.4. The van der Waals surface area contributed by atoms with Crippen LogP contribution in [0.5, 0.6) is 0 Å². The maximum atomic E-state index is 12.4. The summed E-state index contributed by atoms with van der Waals surface area (Å²) in [5.74, 6) is -0.802. The Morgan fingerprint density at radius 3 is 2.24 bits per heavy atom. The van der Waals surface area contributed by atoms with Crippen LogP contribution in [-0.2, 0) is 14.8 Å². The third-order valence-corrected chi connectivity index (χ3v) is 6.36. The highest BCUT2D eigenvalue weighted by Crippen LogP contribution is 2.22. The summed E-state index contributed by atoms with van der Waals surface area (Å²) in [6.45, 7) is 1.29. The summed E-state index contributed by atoms with van der Waals surface area (Å²) in [5, 5.41) is 6.89. The van der Waals surface area contributed by atoms with Crippen molar-refractivity contribution in [1.29, 1.82) is 0 Å². The first-order valence-electron chi connectivity index (χ1n) is 10.2. The highest BCUT2D eigenvalue weighted by Gasteiger charge is 2.21. The van der Waals surface area contributed by atoms with Gasteiger partial charge in [0.1, 0.15) is 6.54 Å². The van der Waals surface area contributed by atoms with E-state index in [1.54, 1.807) is 79.7 Å². The van der Waals surface area contributed by atoms with Gasteiger partial charge in [0.2, 0.25) is 10.0 Å². The normalized spacial score (nSPS) is 11.6. The third kappa shape index (κ3) is 7.00. The van der Waals surface area contributed by atoms with Crippen LogP contribution >= 0.6 is 15.9 Å². The molecule has 0 saturated carbocycles. The molecule has 0 bridgehead atoms. The van der Waals surface area contributed by atoms with Crippen molar-refractivity contribution >= 4 is 54.9 Å². The molecule has 2 amide bonds. The standard InChI is InChI=1S/C24H23BrN4O4S/c1-17(18-11-13-21(14-12-18)26-24(31)19-7-4-3-5-8-19)27-28-23(30)16-29(34(2,32)33)22-10-6-9-20(25)15-22/h3-15H,16H2,1-2H3,(H,26,31)(H,28,30)/b27-17-. The van der Waals surface area contributed by atoms with Crippen LogP contribution < -0.4 is 15.0 Å². The summed E-state index contributed by atoms with van der Waals surface area (Å²) in [7, 11) is -3.69. The van der Waals surface area contributed by atoms with Gasteiger partial charge in [-0.3, -0.25) is 13.9 Å². The molecule has 3 aromatic rings. The molecular formula is C24H23BrN4O4S. The number of benzene rings is 3. The van der Waals surface area contributed by atoms with Gasteiger partial charge in [0.05, 0.1) is 17.7 Å². The van der Waals surface area contributed by atoms with Crippen molar-refractivity contribution in [3.8, 4) is 0 Å². The number of nitrogens with zero attached hydrogens (tertiary/aromatic N) is 2. The minimum Gasteiger partial charge on any atom is -0.322 e. The van der Waals surface area contributed by atoms with Gasteiger partial charge in [0, 0.05) is 15.7 Å². The molecule has 176 valence electrons. The van der Waals surface area contributed by atoms with E-state index in [4.69, 9.17) is 0 Å². The van der Waals surface area contributed by atoms with Crippen LogP contribution in [-0.4, -0.2) is 38.7 Å². The SMILES string of the molecule is C/C(=N/NC(=O)CN(c1cccc(Br)c1)S(C)(=O)=O)c1ccc(NC(=O)c2ccccc2)cc1. The predicted octanol–water partition coefficient (Wildman–Crippen LogP) is 4.01. The number of anilines is 2. The quantitative estimate of drug-likeness (QED) is 0.331. The van der Waals surface area contributed by atoms with E-state index in [-0.39, 0.29) is 5.91 Å². The van der Waals surface area contributed by atoms with Crippen molar-refractivity contribution in [2.75, 3.05) is 22.4 Å². The molecule has 0 spiro atoms. The van der Waals surface area contributed by atoms with Gasteiger partial charge in [0.15, 0.2) is 0 Å². The summed E-state index contributed by atoms with van der Waals surface area (Å²) in [4.78, 5) is 24.7. The fourth-order valence-corrected chi connectivity index (χ4v) is 4.23. The second kappa shape index (κ2) is 11.1. The van der Waals surface area contributed by atoms with Crippen LogP contribution in [0, 0.1) is 0 Å². The second-order valence-electron chi connectivity index (χ2n) is 7.38. The Hall–Kier alpha value is -3.50. The Bertz CT molecular complexity index is 1310. The van der Waals surface area contributed by atoms with E-state index < -0.39 is 22.5 Å². The zero-order valence-corrected chi connectivity index (χ0v) is 20.9. The summed E-state index contributed by atoms with van der Waals surface area (Å²) in [6, 6.07) is 22.5. The van der Waals surface area contributed by atoms with Crippen molar-refractivity contribution in [1.82, 2.24) is 5.43 Å². The topological polar surface area (TPSA) is 108 Å². The first-order valence-corrected chi connectivity index (χ1v) is 12.8. The molecule has 0 heterocycles. The average molecular weight is 543 g/mol. The molecule has 0 aliphatic rings. The second-order valence-corrected chi connectivity index (χ2v) is 10.2. The summed E-state index contributed by atoms with van der Waals surface area (Å²) < 4.78 is 26.1. The average Bonchev–Trinajstić information content (AvgIpc) is 2.81. The minimum absolute atomic E-state index is 0.216. The van der Waals surface area contributed by atoms with Gasteiger partial charge in [-0.1, -0.05) is 52.3 Å². The lowest BCUT2D eigenvalue weighted by molar-refractivity contribution is -0.119. The number of rotatable bonds is 8. The largest absolute Gasteiger partial charge is 0.322 e. The van der Waals surface area contributed by atoms with Crippen molar-refractivity contribution in [2.24, 2.45) is 5.10 Å². The summed E-state index contributed by atoms with van der Waals surface area (Å²) >= 11 is 3.30. The smallest absolute Gasteiger partial charge is 0.260 e. The number of carbonyl (C=O) groups excluding carboxylic acids is 2. The van der Waals surface area contributed by atoms with Crippen molar-refractivity contribution in [3.05, 3.63) is 94.5 Å². The van der Waals surface area contributed by atoms with Gasteiger partial charge < -0.3 is 5.32 Å². The van der Waals surface area contributed by atoms with Gasteiger partial charge in [-0.2, -0.15) is 5.10 Å². The minimum atomic E-state index is -3.69. The molecule has 3 aromatic carbocycles. The molecule has 8 nitrogen and oxygen atoms in total. The van der Waals surface area contributed by atoms with Crippen LogP contribution in [0.25, 0.3) is 0 Å². The first kappa shape index (κ1) is 25.1. The number of sulfonamides is 1. The Balaban J connectivity index is 1.63. The molecule has 0 saturated heterocycles. The molecule has 0 unspecified atom stereocenters. The molecule has 2 N–H and O–H groups in total. The van der Waals surface area contributed by atoms with Crippen LogP contribution in [0.1, 0.15) is 22.8 Å². The Morgan fingerprint density at radius 1 is 0.941 bits per heavy atom. The van der Waals surface area contributed by atoms with E-state index in [1.165, 1.54) is 0 Å². The molecule has 34 heavy (non-hydrogen) atoms. The van der Waals surface area contributed by atoms with Gasteiger partial charge in [0.25, 0.3) is 11.8 Å². The van der Waals surface area contributed by atoms with Crippen LogP contribution in [0.3, 0.4) is 0 Å². The molecule has 0 aliphatic heterocycles. The number of amides is 2. The zero-order chi connectivity index (χ0) is 24.7. The predicted molar refractivity (Wildman–Crippen MR) is 138 cm³/mol. The number of nitrogens with one attached hydrogen (secondary N) is 2. The van der Waals surface area contributed by atoms with Gasteiger partial charge in [-0.25, -0.2) is 13.8 Å². The molecule has 0 radical (unpaired) electrons. The molecule has 3 rings (SSSR count). The highest BCUT2D eigenvalue weighted by atomic mass is 79.9. The van der Waals surface area contributed by atoms with Gasteiger partial charge in [-0.05, 0) is 55.0 Å². The highest BCUT2D eigenvalue weighted by molar-refractivity contribution is 9.10. The maximum Gasteiger partial charge on any atom is 0.260 e. The number of hydrazone groups is 1. The monoisotopic (exact) mass is 542 g/mol. The summed E-state index contributed by atoms with van der Waals surface area (Å²) in [5.41, 5.74) is 5.17. The molecule has 0 fully saturated rings. The van der Waals surface area contributed by atoms with E-state index in [2.05, 4.69) is 31.8 Å². The number of hydrogen-bond acceptors (Lipinski definition) is 5. The lowest BCUT2D eigenvalue weighted by Gasteiger charge is -2.21. The van der Waals surface area contributed by atoms with E-state index >= 15 is 0 Å². The molecule has 10 heteroatoms. The number of hydrogen-bond donors (Lipinski definition) is 2. The lowest BCUT2D eigenvalue weighted by atomic mass is 10.1. The number of carbonyl (C=O) groups is 2. The van der Waals surface area contributed by atoms with E-state index in [1.807, 2.05) is 6.07 Å². The van der Waals surface area contributed by atoms with Gasteiger partial charge in [-0.15, -0.1) is 0 Å². The Labute approximate surface area is 206 Å². The molecule has 0 aromatic heterocycles. The Morgan fingerprint density at radius 2 is 1.62 bits per heavy atom. The van der Waals surface area contributed by atoms with E-state index in [0.29, 0.717) is 27.1 Å². The lowest BCUT2D eigenvalue weighted by Crippen LogP contribution is -2.39. The third-order valence-electron chi connectivity index (χ3n) is 4.73. The molecule has 0 aliphatic carbocycles. The Kier molecular flexibility index (Phi) is 8.19. The fraction of sp³-hybridized carbons (Fsp3) is 0.125. The van der Waals surface area contributed by atoms with Crippen LogP contribution in [0.15, 0.2) is 88.4 Å². The van der Waals surface area contributed by atoms with Crippen molar-refractivity contribution in [2.45, 2.75) is 6.92 Å². The van der Waals surface area contributed by atoms with Crippen molar-refractivity contribution in [3.63, 3.8) is 0 Å². The summed E-state index contributed by atoms with van der Waals surface area (Å²) in [6.07, 6.45) is 1.04. The van der Waals surface area contributed by atoms with E-state index in [0.717, 1.165) is 16.1 Å². The van der Waals surface area contributed by atoms with Gasteiger partial charge >= 0.3 is 0 Å². The zero-order valence-electron chi connectivity index (χ0n) is 18.5. The molecular weight excluding hydrogens is 520 g/mol. The first-order chi connectivity index (χ1) is 16.1. The van der Waals surface area contributed by atoms with Crippen LogP contribution in [0.4, 0.5) is 11.4 Å².